The van der Waals surface area contributed by atoms with Crippen molar-refractivity contribution >= 4 is 16.4 Å². The number of aliphatic hydroxyl groups excluding tert-OH is 2. The summed E-state index contributed by atoms with van der Waals surface area (Å²) in [4.78, 5) is 0. The first kappa shape index (κ1) is 30.0. The zero-order valence-corrected chi connectivity index (χ0v) is 21.1. The van der Waals surface area contributed by atoms with Gasteiger partial charge in [0, 0.05) is 64.3 Å². The first-order chi connectivity index (χ1) is 12.3. The second-order valence-electron chi connectivity index (χ2n) is 6.72. The second kappa shape index (κ2) is 16.6. The van der Waals surface area contributed by atoms with Crippen LogP contribution < -0.4 is 0 Å². The average Bonchev–Trinajstić information content (AvgIpc) is 2.87. The van der Waals surface area contributed by atoms with E-state index in [-0.39, 0.29) is 63.0 Å². The van der Waals surface area contributed by atoms with Crippen molar-refractivity contribution in [3.05, 3.63) is 0 Å². The average molecular weight is 477 g/mol. The van der Waals surface area contributed by atoms with Gasteiger partial charge in [0.05, 0.1) is 37.4 Å². The van der Waals surface area contributed by atoms with Crippen LogP contribution in [0.5, 0.6) is 0 Å². The summed E-state index contributed by atoms with van der Waals surface area (Å²) in [6.45, 7) is 10.4. The fourth-order valence-corrected chi connectivity index (χ4v) is 4.57. The van der Waals surface area contributed by atoms with Crippen molar-refractivity contribution in [3.63, 3.8) is 0 Å². The fourth-order valence-electron chi connectivity index (χ4n) is 2.81. The quantitative estimate of drug-likeness (QED) is 0.283. The summed E-state index contributed by atoms with van der Waals surface area (Å²) in [5, 5.41) is 25.4. The van der Waals surface area contributed by atoms with E-state index < -0.39 is 14.6 Å². The smallest absolute Gasteiger partial charge is 0.259 e. The van der Waals surface area contributed by atoms with E-state index in [1.54, 1.807) is 6.92 Å². The van der Waals surface area contributed by atoms with Gasteiger partial charge in [-0.25, -0.2) is 4.67 Å². The summed E-state index contributed by atoms with van der Waals surface area (Å²) >= 11 is 0. The maximum absolute atomic E-state index is 9.66. The molecule has 1 aliphatic rings. The Morgan fingerprint density at radius 1 is 1.26 bits per heavy atom. The Bertz CT molecular complexity index is 407. The first-order valence-corrected chi connectivity index (χ1v) is 10.2. The molecule has 27 heavy (non-hydrogen) atoms. The van der Waals surface area contributed by atoms with Gasteiger partial charge in [-0.2, -0.15) is 5.26 Å². The third-order valence-corrected chi connectivity index (χ3v) is 5.85. The Morgan fingerprint density at radius 3 is 2.26 bits per heavy atom. The van der Waals surface area contributed by atoms with Crippen LogP contribution in [-0.4, -0.2) is 72.8 Å². The molecule has 1 saturated heterocycles. The predicted molar refractivity (Wildman–Crippen MR) is 104 cm³/mol. The van der Waals surface area contributed by atoms with E-state index >= 15 is 0 Å². The molecule has 3 radical (unpaired) electrons. The molecule has 2 N–H and O–H groups in total. The Kier molecular flexibility index (Phi) is 18.5. The van der Waals surface area contributed by atoms with Crippen molar-refractivity contribution in [1.82, 2.24) is 4.67 Å². The molecular weight excluding hydrogens is 443 g/mol. The van der Waals surface area contributed by atoms with Gasteiger partial charge in [-0.3, -0.25) is 0 Å². The molecular formula is C17H34BN2O5PY. The second-order valence-corrected chi connectivity index (χ2v) is 8.13. The van der Waals surface area contributed by atoms with Gasteiger partial charge in [-0.15, -0.1) is 0 Å². The zero-order valence-electron chi connectivity index (χ0n) is 17.4. The van der Waals surface area contributed by atoms with Crippen molar-refractivity contribution in [2.24, 2.45) is 0 Å². The van der Waals surface area contributed by atoms with Crippen LogP contribution in [-0.2, 0) is 46.5 Å². The van der Waals surface area contributed by atoms with Crippen LogP contribution >= 0.6 is 8.53 Å². The molecule has 5 atom stereocenters. The van der Waals surface area contributed by atoms with E-state index in [0.717, 1.165) is 7.11 Å². The number of ether oxygens (including phenoxy) is 1. The predicted octanol–water partition coefficient (Wildman–Crippen LogP) is 2.31. The molecule has 0 aromatic rings. The molecule has 0 amide bonds. The molecule has 153 valence electrons. The molecule has 0 aromatic heterocycles. The van der Waals surface area contributed by atoms with Gasteiger partial charge < -0.3 is 24.0 Å². The van der Waals surface area contributed by atoms with Gasteiger partial charge in [0.25, 0.3) is 8.53 Å². The number of rotatable bonds is 10. The molecule has 0 aliphatic carbocycles. The van der Waals surface area contributed by atoms with Gasteiger partial charge >= 0.3 is 0 Å². The van der Waals surface area contributed by atoms with Gasteiger partial charge in [0.2, 0.25) is 0 Å². The third kappa shape index (κ3) is 11.6. The van der Waals surface area contributed by atoms with Crippen LogP contribution in [0.1, 0.15) is 53.9 Å². The summed E-state index contributed by atoms with van der Waals surface area (Å²) in [6, 6.07) is 2.18. The third-order valence-electron chi connectivity index (χ3n) is 3.69. The van der Waals surface area contributed by atoms with Crippen LogP contribution in [0.15, 0.2) is 0 Å². The summed E-state index contributed by atoms with van der Waals surface area (Å²) in [7, 11) is 5.58. The van der Waals surface area contributed by atoms with Crippen molar-refractivity contribution in [2.75, 3.05) is 13.7 Å². The molecule has 0 aromatic carbocycles. The normalized spacial score (nSPS) is 24.1. The Labute approximate surface area is 192 Å². The minimum Gasteiger partial charge on any atom is -0.400 e. The summed E-state index contributed by atoms with van der Waals surface area (Å²) in [5.41, 5.74) is 0. The van der Waals surface area contributed by atoms with E-state index in [1.165, 1.54) is 0 Å². The van der Waals surface area contributed by atoms with E-state index in [4.69, 9.17) is 32.0 Å². The topological polar surface area (TPSA) is 95.2 Å². The standard InChI is InChI=1S/C16H30BN2O4P.CH4O.Y/c1-11(2)19(12(3)4)24(21-8-6-7-18)23-15-10-16(17)22-14(15)9-13(5)20;1-2;/h11-16,20H,6,8-10H2,1-5H3;2H,1H3;/t13-,14-,15+,16-,24?;;/m1../s1. The first-order valence-electron chi connectivity index (χ1n) is 9.05. The maximum Gasteiger partial charge on any atom is 0.259 e. The van der Waals surface area contributed by atoms with Crippen LogP contribution in [0.25, 0.3) is 0 Å². The van der Waals surface area contributed by atoms with Crippen molar-refractivity contribution in [1.29, 1.82) is 5.26 Å². The van der Waals surface area contributed by atoms with E-state index in [1.807, 2.05) is 0 Å². The molecule has 1 rings (SSSR count). The Balaban J connectivity index is 0. The number of hydrogen-bond donors (Lipinski definition) is 2. The minimum absolute atomic E-state index is 0. The summed E-state index contributed by atoms with van der Waals surface area (Å²) < 4.78 is 20.0. The van der Waals surface area contributed by atoms with Gasteiger partial charge in [0.15, 0.2) is 0 Å². The number of nitrogens with zero attached hydrogens (tertiary/aromatic N) is 2. The molecule has 0 saturated carbocycles. The number of aliphatic hydroxyl groups is 2. The molecule has 10 heteroatoms. The molecule has 1 fully saturated rings. The van der Waals surface area contributed by atoms with Crippen LogP contribution in [0.4, 0.5) is 0 Å². The summed E-state index contributed by atoms with van der Waals surface area (Å²) in [6.07, 6.45) is 0.423. The molecule has 0 bridgehead atoms. The molecule has 1 aliphatic heterocycles. The monoisotopic (exact) mass is 477 g/mol. The maximum atomic E-state index is 9.66. The summed E-state index contributed by atoms with van der Waals surface area (Å²) in [5.74, 6) is 0. The zero-order chi connectivity index (χ0) is 20.3. The minimum atomic E-state index is -1.33. The van der Waals surface area contributed by atoms with Crippen LogP contribution in [0, 0.1) is 11.3 Å². The van der Waals surface area contributed by atoms with Gasteiger partial charge in [-0.05, 0) is 41.0 Å². The van der Waals surface area contributed by atoms with Crippen LogP contribution in [0.2, 0.25) is 0 Å². The molecule has 0 spiro atoms. The fraction of sp³-hybridized carbons (Fsp3) is 0.941. The number of hydrogen-bond acceptors (Lipinski definition) is 7. The molecule has 7 nitrogen and oxygen atoms in total. The molecule has 1 heterocycles. The largest absolute Gasteiger partial charge is 0.400 e. The Morgan fingerprint density at radius 2 is 1.81 bits per heavy atom. The van der Waals surface area contributed by atoms with E-state index in [2.05, 4.69) is 38.4 Å². The van der Waals surface area contributed by atoms with Gasteiger partial charge in [0.1, 0.15) is 7.85 Å². The van der Waals surface area contributed by atoms with Gasteiger partial charge in [-0.1, -0.05) is 0 Å². The van der Waals surface area contributed by atoms with Crippen LogP contribution in [0.3, 0.4) is 0 Å². The van der Waals surface area contributed by atoms with Crippen molar-refractivity contribution in [3.8, 4) is 6.07 Å². The Hall–Kier alpha value is 0.849. The molecule has 1 unspecified atom stereocenters. The van der Waals surface area contributed by atoms with Crippen molar-refractivity contribution < 1.29 is 56.7 Å². The SMILES string of the molecule is CO.[B][C@H]1C[C@H](OP(OCCC#N)N(C(C)C)C(C)C)[C@@H](C[C@@H](C)O)O1.[Y]. The van der Waals surface area contributed by atoms with E-state index in [0.29, 0.717) is 25.9 Å². The number of nitriles is 1. The van der Waals surface area contributed by atoms with E-state index in [9.17, 15) is 5.11 Å². The van der Waals surface area contributed by atoms with Crippen molar-refractivity contribution in [2.45, 2.75) is 90.3 Å².